The zero-order valence-electron chi connectivity index (χ0n) is 14.6. The molecule has 1 aliphatic rings. The first-order valence-electron chi connectivity index (χ1n) is 8.57. The molecule has 1 aromatic carbocycles. The fourth-order valence-electron chi connectivity index (χ4n) is 3.00. The van der Waals surface area contributed by atoms with Gasteiger partial charge in [-0.15, -0.1) is 0 Å². The highest BCUT2D eigenvalue weighted by Gasteiger charge is 2.27. The molecule has 1 aliphatic heterocycles. The maximum absolute atomic E-state index is 12.2. The number of ether oxygens (including phenoxy) is 1. The van der Waals surface area contributed by atoms with E-state index in [1.807, 2.05) is 49.9 Å². The summed E-state index contributed by atoms with van der Waals surface area (Å²) in [4.78, 5) is 21.8. The molecule has 1 fully saturated rings. The number of benzene rings is 1. The van der Waals surface area contributed by atoms with Crippen molar-refractivity contribution in [1.82, 2.24) is 14.9 Å². The molecule has 130 valence electrons. The fraction of sp³-hybridized carbons (Fsp3) is 0.556. The minimum Gasteiger partial charge on any atom is -0.444 e. The number of rotatable bonds is 3. The van der Waals surface area contributed by atoms with E-state index in [1.54, 1.807) is 0 Å². The molecule has 0 radical (unpaired) electrons. The summed E-state index contributed by atoms with van der Waals surface area (Å²) in [5.41, 5.74) is 1.54. The predicted molar refractivity (Wildman–Crippen MR) is 95.1 cm³/mol. The summed E-state index contributed by atoms with van der Waals surface area (Å²) >= 11 is 0. The van der Waals surface area contributed by atoms with Gasteiger partial charge in [0.05, 0.1) is 11.0 Å². The summed E-state index contributed by atoms with van der Waals surface area (Å²) in [5.74, 6) is 1.19. The third kappa shape index (κ3) is 4.19. The van der Waals surface area contributed by atoms with E-state index in [-0.39, 0.29) is 6.09 Å². The Morgan fingerprint density at radius 1 is 1.42 bits per heavy atom. The number of amides is 1. The molecule has 0 spiro atoms. The van der Waals surface area contributed by atoms with Crippen LogP contribution in [0.25, 0.3) is 11.0 Å². The molecule has 3 rings (SSSR count). The fourth-order valence-corrected chi connectivity index (χ4v) is 3.00. The minimum absolute atomic E-state index is 0.212. The van der Waals surface area contributed by atoms with Gasteiger partial charge in [-0.2, -0.15) is 0 Å². The largest absolute Gasteiger partial charge is 0.444 e. The Kier molecular flexibility index (Phi) is 4.64. The second-order valence-electron chi connectivity index (χ2n) is 7.42. The Hall–Kier alpha value is -2.24. The molecule has 2 N–H and O–H groups in total. The van der Waals surface area contributed by atoms with Crippen molar-refractivity contribution in [3.05, 3.63) is 24.3 Å². The van der Waals surface area contributed by atoms with Crippen LogP contribution in [0.1, 0.15) is 33.6 Å². The number of nitrogens with zero attached hydrogens (tertiary/aromatic N) is 2. The van der Waals surface area contributed by atoms with Crippen molar-refractivity contribution in [3.8, 4) is 0 Å². The van der Waals surface area contributed by atoms with E-state index in [0.717, 1.165) is 49.5 Å². The molecule has 0 unspecified atom stereocenters. The molecular formula is C18H26N4O2. The van der Waals surface area contributed by atoms with Crippen LogP contribution < -0.4 is 5.32 Å². The number of aromatic amines is 1. The van der Waals surface area contributed by atoms with Crippen LogP contribution in [0, 0.1) is 5.92 Å². The standard InChI is InChI=1S/C18H26N4O2/c1-18(2,3)24-17(23)22-10-6-7-13(12-22)11-19-16-20-14-8-4-5-9-15(14)21-16/h4-5,8-9,13H,6-7,10-12H2,1-3H3,(H2,19,20,21)/t13-/m1/s1. The maximum Gasteiger partial charge on any atom is 0.410 e. The number of hydrogen-bond acceptors (Lipinski definition) is 4. The molecule has 6 nitrogen and oxygen atoms in total. The molecule has 0 aliphatic carbocycles. The third-order valence-electron chi connectivity index (χ3n) is 4.12. The lowest BCUT2D eigenvalue weighted by atomic mass is 9.98. The number of nitrogens with one attached hydrogen (secondary N) is 2. The summed E-state index contributed by atoms with van der Waals surface area (Å²) in [5, 5.41) is 3.37. The molecular weight excluding hydrogens is 304 g/mol. The van der Waals surface area contributed by atoms with Crippen molar-refractivity contribution in [2.45, 2.75) is 39.2 Å². The van der Waals surface area contributed by atoms with Gasteiger partial charge in [0, 0.05) is 19.6 Å². The van der Waals surface area contributed by atoms with E-state index in [9.17, 15) is 4.79 Å². The van der Waals surface area contributed by atoms with Gasteiger partial charge in [0.25, 0.3) is 0 Å². The van der Waals surface area contributed by atoms with Crippen LogP contribution in [0.2, 0.25) is 0 Å². The molecule has 1 aromatic heterocycles. The summed E-state index contributed by atoms with van der Waals surface area (Å²) in [7, 11) is 0. The van der Waals surface area contributed by atoms with E-state index in [0.29, 0.717) is 5.92 Å². The molecule has 0 saturated carbocycles. The van der Waals surface area contributed by atoms with Gasteiger partial charge in [0.2, 0.25) is 5.95 Å². The van der Waals surface area contributed by atoms with E-state index < -0.39 is 5.60 Å². The monoisotopic (exact) mass is 330 g/mol. The predicted octanol–water partition coefficient (Wildman–Crippen LogP) is 3.62. The van der Waals surface area contributed by atoms with Crippen molar-refractivity contribution in [2.75, 3.05) is 25.0 Å². The number of hydrogen-bond donors (Lipinski definition) is 2. The number of carbonyl (C=O) groups is 1. The number of anilines is 1. The van der Waals surface area contributed by atoms with E-state index in [2.05, 4.69) is 15.3 Å². The smallest absolute Gasteiger partial charge is 0.410 e. The Bertz CT molecular complexity index is 671. The second-order valence-corrected chi connectivity index (χ2v) is 7.42. The van der Waals surface area contributed by atoms with Gasteiger partial charge >= 0.3 is 6.09 Å². The van der Waals surface area contributed by atoms with E-state index in [1.165, 1.54) is 0 Å². The Balaban J connectivity index is 1.54. The first-order valence-corrected chi connectivity index (χ1v) is 8.57. The second kappa shape index (κ2) is 6.71. The lowest BCUT2D eigenvalue weighted by molar-refractivity contribution is 0.0172. The van der Waals surface area contributed by atoms with Gasteiger partial charge in [-0.1, -0.05) is 12.1 Å². The van der Waals surface area contributed by atoms with Gasteiger partial charge in [0.1, 0.15) is 5.60 Å². The highest BCUT2D eigenvalue weighted by Crippen LogP contribution is 2.20. The van der Waals surface area contributed by atoms with Gasteiger partial charge < -0.3 is 19.9 Å². The number of carbonyl (C=O) groups excluding carboxylic acids is 1. The van der Waals surface area contributed by atoms with Gasteiger partial charge in [-0.05, 0) is 51.7 Å². The first kappa shape index (κ1) is 16.6. The van der Waals surface area contributed by atoms with Crippen LogP contribution >= 0.6 is 0 Å². The first-order chi connectivity index (χ1) is 11.4. The lowest BCUT2D eigenvalue weighted by Crippen LogP contribution is -2.44. The van der Waals surface area contributed by atoms with Crippen molar-refractivity contribution in [1.29, 1.82) is 0 Å². The van der Waals surface area contributed by atoms with Gasteiger partial charge in [-0.3, -0.25) is 0 Å². The number of likely N-dealkylation sites (tertiary alicyclic amines) is 1. The van der Waals surface area contributed by atoms with Crippen LogP contribution in [0.4, 0.5) is 10.7 Å². The SMILES string of the molecule is CC(C)(C)OC(=O)N1CCC[C@H](CNc2nc3ccccc3[nH]2)C1. The van der Waals surface area contributed by atoms with E-state index in [4.69, 9.17) is 4.74 Å². The van der Waals surface area contributed by atoms with Crippen LogP contribution in [-0.4, -0.2) is 46.2 Å². The zero-order valence-corrected chi connectivity index (χ0v) is 14.6. The average Bonchev–Trinajstić information content (AvgIpc) is 2.94. The molecule has 6 heteroatoms. The highest BCUT2D eigenvalue weighted by atomic mass is 16.6. The molecule has 1 saturated heterocycles. The molecule has 2 aromatic rings. The van der Waals surface area contributed by atoms with Crippen LogP contribution in [-0.2, 0) is 4.74 Å². The van der Waals surface area contributed by atoms with Crippen molar-refractivity contribution in [3.63, 3.8) is 0 Å². The number of para-hydroxylation sites is 2. The summed E-state index contributed by atoms with van der Waals surface area (Å²) in [6, 6.07) is 7.97. The molecule has 0 bridgehead atoms. The van der Waals surface area contributed by atoms with Crippen LogP contribution in [0.3, 0.4) is 0 Å². The summed E-state index contributed by atoms with van der Waals surface area (Å²) in [6.07, 6.45) is 1.90. The Labute approximate surface area is 142 Å². The number of piperidine rings is 1. The summed E-state index contributed by atoms with van der Waals surface area (Å²) < 4.78 is 5.48. The Morgan fingerprint density at radius 2 is 2.21 bits per heavy atom. The molecule has 1 atom stereocenters. The quantitative estimate of drug-likeness (QED) is 0.902. The Morgan fingerprint density at radius 3 is 2.96 bits per heavy atom. The zero-order chi connectivity index (χ0) is 17.2. The normalized spacial score (nSPS) is 18.6. The number of H-pyrrole nitrogens is 1. The van der Waals surface area contributed by atoms with Crippen molar-refractivity contribution >= 4 is 23.1 Å². The summed E-state index contributed by atoms with van der Waals surface area (Å²) in [6.45, 7) is 7.98. The van der Waals surface area contributed by atoms with Crippen molar-refractivity contribution < 1.29 is 9.53 Å². The topological polar surface area (TPSA) is 70.2 Å². The van der Waals surface area contributed by atoms with Crippen LogP contribution in [0.5, 0.6) is 0 Å². The van der Waals surface area contributed by atoms with Crippen LogP contribution in [0.15, 0.2) is 24.3 Å². The van der Waals surface area contributed by atoms with Gasteiger partial charge in [-0.25, -0.2) is 9.78 Å². The van der Waals surface area contributed by atoms with E-state index >= 15 is 0 Å². The highest BCUT2D eigenvalue weighted by molar-refractivity contribution is 5.77. The minimum atomic E-state index is -0.448. The molecule has 1 amide bonds. The maximum atomic E-state index is 12.2. The molecule has 2 heterocycles. The lowest BCUT2D eigenvalue weighted by Gasteiger charge is -2.34. The number of fused-ring (bicyclic) bond motifs is 1. The molecule has 24 heavy (non-hydrogen) atoms. The average molecular weight is 330 g/mol. The number of aromatic nitrogens is 2. The van der Waals surface area contributed by atoms with Crippen molar-refractivity contribution in [2.24, 2.45) is 5.92 Å². The number of imidazole rings is 1. The third-order valence-corrected chi connectivity index (χ3v) is 4.12. The van der Waals surface area contributed by atoms with Gasteiger partial charge in [0.15, 0.2) is 0 Å².